The zero-order valence-electron chi connectivity index (χ0n) is 14.9. The third-order valence-corrected chi connectivity index (χ3v) is 5.42. The van der Waals surface area contributed by atoms with Crippen molar-refractivity contribution in [2.45, 2.75) is 38.5 Å². The van der Waals surface area contributed by atoms with Gasteiger partial charge in [-0.1, -0.05) is 38.2 Å². The monoisotopic (exact) mass is 366 g/mol. The van der Waals surface area contributed by atoms with Crippen LogP contribution in [0.25, 0.3) is 22.3 Å². The molecule has 0 amide bonds. The lowest BCUT2D eigenvalue weighted by molar-refractivity contribution is 0.356. The highest BCUT2D eigenvalue weighted by molar-refractivity contribution is 5.82. The van der Waals surface area contributed by atoms with Crippen LogP contribution in [0.5, 0.6) is 17.2 Å². The molecule has 1 aromatic heterocycles. The van der Waals surface area contributed by atoms with Gasteiger partial charge < -0.3 is 19.7 Å². The number of benzene rings is 2. The van der Waals surface area contributed by atoms with Gasteiger partial charge in [-0.05, 0) is 48.2 Å². The summed E-state index contributed by atoms with van der Waals surface area (Å²) in [6.45, 7) is 0. The lowest BCUT2D eigenvalue weighted by Crippen LogP contribution is -2.09. The summed E-state index contributed by atoms with van der Waals surface area (Å²) < 4.78 is 5.84. The molecule has 0 atom stereocenters. The van der Waals surface area contributed by atoms with Gasteiger partial charge in [0.1, 0.15) is 5.58 Å². The molecule has 5 heteroatoms. The second kappa shape index (κ2) is 6.99. The van der Waals surface area contributed by atoms with E-state index in [2.05, 4.69) is 0 Å². The van der Waals surface area contributed by atoms with Crippen molar-refractivity contribution in [3.63, 3.8) is 0 Å². The van der Waals surface area contributed by atoms with Gasteiger partial charge in [-0.2, -0.15) is 0 Å². The summed E-state index contributed by atoms with van der Waals surface area (Å²) in [4.78, 5) is 12.6. The molecular formula is C22H22O5. The van der Waals surface area contributed by atoms with Crippen molar-refractivity contribution in [2.75, 3.05) is 0 Å². The van der Waals surface area contributed by atoms with Gasteiger partial charge in [-0.3, -0.25) is 4.79 Å². The molecule has 1 aliphatic rings. The van der Waals surface area contributed by atoms with E-state index in [1.807, 2.05) is 12.1 Å². The standard InChI is InChI=1S/C22H22O5/c23-17-9-7-15(12-18(17)24)22-21(26)20(25)16-8-6-14(11-19(16)27-22)10-13-4-2-1-3-5-13/h6-9,11-13,23-24,26H,1-5,10H2. The maximum atomic E-state index is 12.6. The zero-order chi connectivity index (χ0) is 19.0. The zero-order valence-corrected chi connectivity index (χ0v) is 14.9. The lowest BCUT2D eigenvalue weighted by Gasteiger charge is -2.21. The smallest absolute Gasteiger partial charge is 0.235 e. The van der Waals surface area contributed by atoms with E-state index in [-0.39, 0.29) is 17.3 Å². The van der Waals surface area contributed by atoms with E-state index in [1.54, 1.807) is 6.07 Å². The summed E-state index contributed by atoms with van der Waals surface area (Å²) in [5.74, 6) is -0.490. The number of hydrogen-bond acceptors (Lipinski definition) is 5. The Morgan fingerprint density at radius 3 is 2.44 bits per heavy atom. The van der Waals surface area contributed by atoms with E-state index in [0.29, 0.717) is 22.5 Å². The molecule has 0 bridgehead atoms. The topological polar surface area (TPSA) is 90.9 Å². The summed E-state index contributed by atoms with van der Waals surface area (Å²) >= 11 is 0. The molecule has 4 rings (SSSR count). The van der Waals surface area contributed by atoms with Crippen LogP contribution in [0.4, 0.5) is 0 Å². The van der Waals surface area contributed by atoms with Crippen LogP contribution in [-0.2, 0) is 6.42 Å². The molecule has 0 aliphatic heterocycles. The van der Waals surface area contributed by atoms with Crippen molar-refractivity contribution in [3.8, 4) is 28.6 Å². The highest BCUT2D eigenvalue weighted by Crippen LogP contribution is 2.35. The molecule has 27 heavy (non-hydrogen) atoms. The average Bonchev–Trinajstić information content (AvgIpc) is 2.68. The Balaban J connectivity index is 1.77. The quantitative estimate of drug-likeness (QED) is 0.585. The highest BCUT2D eigenvalue weighted by Gasteiger charge is 2.18. The molecule has 1 saturated carbocycles. The summed E-state index contributed by atoms with van der Waals surface area (Å²) in [7, 11) is 0. The molecule has 140 valence electrons. The van der Waals surface area contributed by atoms with E-state index in [0.717, 1.165) is 12.0 Å². The predicted molar refractivity (Wildman–Crippen MR) is 103 cm³/mol. The number of phenolic OH excluding ortho intramolecular Hbond substituents is 2. The van der Waals surface area contributed by atoms with Gasteiger partial charge in [0.15, 0.2) is 17.3 Å². The van der Waals surface area contributed by atoms with Gasteiger partial charge in [-0.25, -0.2) is 0 Å². The van der Waals surface area contributed by atoms with E-state index >= 15 is 0 Å². The molecule has 1 heterocycles. The fourth-order valence-corrected chi connectivity index (χ4v) is 3.94. The minimum atomic E-state index is -0.511. The third-order valence-electron chi connectivity index (χ3n) is 5.42. The van der Waals surface area contributed by atoms with Crippen LogP contribution in [0.15, 0.2) is 45.6 Å². The first-order valence-electron chi connectivity index (χ1n) is 9.34. The van der Waals surface area contributed by atoms with Crippen LogP contribution in [0.1, 0.15) is 37.7 Å². The van der Waals surface area contributed by atoms with Crippen molar-refractivity contribution in [2.24, 2.45) is 5.92 Å². The van der Waals surface area contributed by atoms with Crippen molar-refractivity contribution >= 4 is 11.0 Å². The molecule has 1 aliphatic carbocycles. The van der Waals surface area contributed by atoms with Crippen molar-refractivity contribution in [1.82, 2.24) is 0 Å². The average molecular weight is 366 g/mol. The van der Waals surface area contributed by atoms with Gasteiger partial charge in [0.25, 0.3) is 0 Å². The second-order valence-corrected chi connectivity index (χ2v) is 7.35. The number of aromatic hydroxyl groups is 3. The van der Waals surface area contributed by atoms with Crippen LogP contribution in [-0.4, -0.2) is 15.3 Å². The molecule has 0 unspecified atom stereocenters. The maximum Gasteiger partial charge on any atom is 0.235 e. The maximum absolute atomic E-state index is 12.6. The first-order valence-corrected chi connectivity index (χ1v) is 9.34. The number of rotatable bonds is 3. The minimum Gasteiger partial charge on any atom is -0.504 e. The van der Waals surface area contributed by atoms with Gasteiger partial charge in [-0.15, -0.1) is 0 Å². The molecule has 3 N–H and O–H groups in total. The molecule has 3 aromatic rings. The van der Waals surface area contributed by atoms with Crippen LogP contribution >= 0.6 is 0 Å². The van der Waals surface area contributed by atoms with E-state index in [1.165, 1.54) is 50.3 Å². The molecule has 0 radical (unpaired) electrons. The Morgan fingerprint density at radius 1 is 0.926 bits per heavy atom. The van der Waals surface area contributed by atoms with E-state index < -0.39 is 11.2 Å². The minimum absolute atomic E-state index is 0.0161. The fraction of sp³-hybridized carbons (Fsp3) is 0.318. The van der Waals surface area contributed by atoms with Gasteiger partial charge in [0.2, 0.25) is 11.2 Å². The molecule has 2 aromatic carbocycles. The Morgan fingerprint density at radius 2 is 1.70 bits per heavy atom. The Labute approximate surface area is 156 Å². The Bertz CT molecular complexity index is 1040. The lowest BCUT2D eigenvalue weighted by atomic mass is 9.85. The van der Waals surface area contributed by atoms with E-state index in [4.69, 9.17) is 4.42 Å². The van der Waals surface area contributed by atoms with Crippen LogP contribution < -0.4 is 5.43 Å². The molecular weight excluding hydrogens is 344 g/mol. The number of fused-ring (bicyclic) bond motifs is 1. The molecule has 0 spiro atoms. The summed E-state index contributed by atoms with van der Waals surface area (Å²) in [6.07, 6.45) is 7.28. The van der Waals surface area contributed by atoms with Crippen molar-refractivity contribution in [3.05, 3.63) is 52.2 Å². The van der Waals surface area contributed by atoms with Crippen LogP contribution in [0.2, 0.25) is 0 Å². The van der Waals surface area contributed by atoms with Gasteiger partial charge in [0, 0.05) is 5.56 Å². The normalized spacial score (nSPS) is 15.3. The van der Waals surface area contributed by atoms with Crippen LogP contribution in [0.3, 0.4) is 0 Å². The Kier molecular flexibility index (Phi) is 4.52. The molecule has 0 saturated heterocycles. The van der Waals surface area contributed by atoms with Gasteiger partial charge >= 0.3 is 0 Å². The van der Waals surface area contributed by atoms with Crippen molar-refractivity contribution < 1.29 is 19.7 Å². The summed E-state index contributed by atoms with van der Waals surface area (Å²) in [6, 6.07) is 9.52. The fourth-order valence-electron chi connectivity index (χ4n) is 3.94. The molecule has 5 nitrogen and oxygen atoms in total. The first kappa shape index (κ1) is 17.5. The Hall–Kier alpha value is -2.95. The number of phenols is 2. The number of hydrogen-bond donors (Lipinski definition) is 3. The summed E-state index contributed by atoms with van der Waals surface area (Å²) in [5.41, 5.74) is 1.33. The third kappa shape index (κ3) is 3.37. The largest absolute Gasteiger partial charge is 0.504 e. The first-order chi connectivity index (χ1) is 13.0. The SMILES string of the molecule is O=c1c(O)c(-c2ccc(O)c(O)c2)oc2cc(CC3CCCCC3)ccc12. The highest BCUT2D eigenvalue weighted by atomic mass is 16.4. The van der Waals surface area contributed by atoms with Crippen LogP contribution in [0, 0.1) is 5.92 Å². The van der Waals surface area contributed by atoms with Gasteiger partial charge in [0.05, 0.1) is 5.39 Å². The predicted octanol–water partition coefficient (Wildman–Crippen LogP) is 4.70. The summed E-state index contributed by atoms with van der Waals surface area (Å²) in [5, 5.41) is 29.8. The van der Waals surface area contributed by atoms with E-state index in [9.17, 15) is 20.1 Å². The molecule has 1 fully saturated rings. The second-order valence-electron chi connectivity index (χ2n) is 7.35. The van der Waals surface area contributed by atoms with Crippen molar-refractivity contribution in [1.29, 1.82) is 0 Å².